The van der Waals surface area contributed by atoms with Crippen LogP contribution in [0, 0.1) is 23.7 Å². The lowest BCUT2D eigenvalue weighted by molar-refractivity contribution is -0.127. The van der Waals surface area contributed by atoms with Gasteiger partial charge in [0.1, 0.15) is 23.2 Å². The molecule has 8 rings (SSSR count). The van der Waals surface area contributed by atoms with Gasteiger partial charge in [0.05, 0.1) is 11.4 Å². The van der Waals surface area contributed by atoms with Crippen molar-refractivity contribution in [1.29, 1.82) is 0 Å². The Morgan fingerprint density at radius 1 is 0.639 bits per heavy atom. The number of nitrogens with two attached hydrogens (primary N) is 1. The van der Waals surface area contributed by atoms with Crippen LogP contribution in [0.1, 0.15) is 116 Å². The Morgan fingerprint density at radius 3 is 1.56 bits per heavy atom. The molecule has 0 radical (unpaired) electrons. The molecule has 2 aromatic heterocycles. The molecule has 5 N–H and O–H groups in total. The normalized spacial score (nSPS) is 17.1. The Labute approximate surface area is 356 Å². The highest BCUT2D eigenvalue weighted by molar-refractivity contribution is 6.02. The van der Waals surface area contributed by atoms with Crippen LogP contribution < -0.4 is 21.7 Å². The van der Waals surface area contributed by atoms with E-state index < -0.39 is 0 Å². The number of nitrogens with zero attached hydrogens (tertiary/aromatic N) is 2. The molecule has 2 atom stereocenters. The molecule has 61 heavy (non-hydrogen) atoms. The van der Waals surface area contributed by atoms with E-state index in [9.17, 15) is 24.0 Å². The van der Waals surface area contributed by atoms with Crippen molar-refractivity contribution in [2.24, 2.45) is 39.4 Å². The predicted octanol–water partition coefficient (Wildman–Crippen LogP) is 8.19. The fourth-order valence-corrected chi connectivity index (χ4v) is 9.29. The van der Waals surface area contributed by atoms with E-state index in [1.807, 2.05) is 42.5 Å². The number of amidine groups is 2. The summed E-state index contributed by atoms with van der Waals surface area (Å²) in [6.07, 6.45) is 12.4. The highest BCUT2D eigenvalue weighted by Crippen LogP contribution is 2.37. The molecule has 13 heteroatoms. The number of amides is 3. The van der Waals surface area contributed by atoms with Crippen molar-refractivity contribution in [3.63, 3.8) is 0 Å². The van der Waals surface area contributed by atoms with Crippen LogP contribution >= 0.6 is 0 Å². The van der Waals surface area contributed by atoms with E-state index in [0.29, 0.717) is 41.8 Å². The number of nitrogens with one attached hydrogen (secondary N) is 3. The topological polar surface area (TPSA) is 198 Å². The molecule has 0 spiro atoms. The largest absolute Gasteiger partial charge is 0.453 e. The molecular weight excluding hydrogens is 773 g/mol. The van der Waals surface area contributed by atoms with Crippen LogP contribution in [0.3, 0.4) is 0 Å². The molecule has 0 unspecified atom stereocenters. The van der Waals surface area contributed by atoms with Crippen LogP contribution in [-0.2, 0) is 27.2 Å². The highest BCUT2D eigenvalue weighted by atomic mass is 16.4. The first kappa shape index (κ1) is 43.0. The number of Topliss-reactive ketones (excluding diaryl/α,β-unsaturated/α-hetero) is 2. The molecule has 2 fully saturated rings. The number of carbonyl (C=O) groups is 5. The van der Waals surface area contributed by atoms with Gasteiger partial charge in [-0.2, -0.15) is 0 Å². The van der Waals surface area contributed by atoms with Gasteiger partial charge in [0, 0.05) is 69.7 Å². The van der Waals surface area contributed by atoms with E-state index in [0.717, 1.165) is 85.0 Å². The molecule has 4 aliphatic rings. The van der Waals surface area contributed by atoms with E-state index in [-0.39, 0.29) is 71.6 Å². The monoisotopic (exact) mass is 828 g/mol. The maximum atomic E-state index is 13.0. The second-order valence-corrected chi connectivity index (χ2v) is 16.7. The zero-order chi connectivity index (χ0) is 43.0. The molecular formula is C48H56N6O7. The zero-order valence-electron chi connectivity index (χ0n) is 35.3. The number of benzene rings is 2. The van der Waals surface area contributed by atoms with Crippen molar-refractivity contribution >= 4 is 52.3 Å². The van der Waals surface area contributed by atoms with Gasteiger partial charge in [0.15, 0.2) is 23.1 Å². The Bertz CT molecular complexity index is 2340. The summed E-state index contributed by atoms with van der Waals surface area (Å²) >= 11 is 0. The molecule has 2 aromatic carbocycles. The van der Waals surface area contributed by atoms with Gasteiger partial charge in [-0.25, -0.2) is 9.98 Å². The number of rotatable bonds is 12. The van der Waals surface area contributed by atoms with E-state index in [4.69, 9.17) is 14.6 Å². The minimum absolute atomic E-state index is 0.0479. The Balaban J connectivity index is 0.000000185. The van der Waals surface area contributed by atoms with E-state index in [1.54, 1.807) is 32.3 Å². The van der Waals surface area contributed by atoms with Gasteiger partial charge >= 0.3 is 0 Å². The van der Waals surface area contributed by atoms with Crippen molar-refractivity contribution in [1.82, 2.24) is 16.0 Å². The first-order valence-corrected chi connectivity index (χ1v) is 21.6. The number of furan rings is 2. The summed E-state index contributed by atoms with van der Waals surface area (Å²) in [4.78, 5) is 70.7. The van der Waals surface area contributed by atoms with Crippen LogP contribution in [-0.4, -0.2) is 55.1 Å². The van der Waals surface area contributed by atoms with Crippen molar-refractivity contribution in [2.75, 3.05) is 14.1 Å². The molecule has 0 saturated heterocycles. The van der Waals surface area contributed by atoms with Crippen molar-refractivity contribution in [3.05, 3.63) is 83.3 Å². The van der Waals surface area contributed by atoms with E-state index in [1.165, 1.54) is 19.8 Å². The number of hydrogen-bond donors (Lipinski definition) is 4. The molecule has 4 heterocycles. The molecule has 13 nitrogen and oxygen atoms in total. The predicted molar refractivity (Wildman–Crippen MR) is 234 cm³/mol. The van der Waals surface area contributed by atoms with Gasteiger partial charge in [-0.05, 0) is 109 Å². The average Bonchev–Trinajstić information content (AvgIpc) is 4.10. The fraction of sp³-hybridized carbons (Fsp3) is 0.438. The first-order valence-electron chi connectivity index (χ1n) is 21.6. The molecule has 0 bridgehead atoms. The summed E-state index contributed by atoms with van der Waals surface area (Å²) in [5, 5.41) is 8.20. The van der Waals surface area contributed by atoms with Gasteiger partial charge in [-0.15, -0.1) is 0 Å². The number of carbonyl (C=O) groups excluding carboxylic acids is 5. The minimum Gasteiger partial charge on any atom is -0.453 e. The molecule has 3 amide bonds. The average molecular weight is 829 g/mol. The fourth-order valence-electron chi connectivity index (χ4n) is 9.29. The third kappa shape index (κ3) is 10.4. The van der Waals surface area contributed by atoms with Gasteiger partial charge in [-0.3, -0.25) is 24.0 Å². The van der Waals surface area contributed by atoms with Crippen LogP contribution in [0.2, 0.25) is 0 Å². The Hall–Kier alpha value is -6.11. The van der Waals surface area contributed by atoms with E-state index >= 15 is 0 Å². The lowest BCUT2D eigenvalue weighted by atomic mass is 9.77. The maximum Gasteiger partial charge on any atom is 0.223 e. The summed E-state index contributed by atoms with van der Waals surface area (Å²) in [7, 11) is 3.26. The summed E-state index contributed by atoms with van der Waals surface area (Å²) in [5.41, 5.74) is 11.3. The Morgan fingerprint density at radius 2 is 1.10 bits per heavy atom. The van der Waals surface area contributed by atoms with Gasteiger partial charge in [0.2, 0.25) is 17.7 Å². The molecule has 2 aliphatic heterocycles. The van der Waals surface area contributed by atoms with Crippen LogP contribution in [0.4, 0.5) is 11.4 Å². The van der Waals surface area contributed by atoms with Gasteiger partial charge in [-0.1, -0.05) is 38.5 Å². The number of hydrogen-bond acceptors (Lipinski definition) is 10. The van der Waals surface area contributed by atoms with Gasteiger partial charge < -0.3 is 30.5 Å². The smallest absolute Gasteiger partial charge is 0.223 e. The quantitative estimate of drug-likeness (QED) is 0.102. The third-order valence-corrected chi connectivity index (χ3v) is 12.5. The number of ketones is 2. The standard InChI is InChI=1S/C25H29N3O4.C23H27N3O3/c1-15(29)27-24-13-18-12-17(8-9-20(18)28-24)22-10-11-23(32-22)21(30)14-19(25(31)26-2)16-6-4-3-5-7-16;1-25-23(28)17(14-5-3-2-4-6-14)13-19(27)21-10-9-20(29-21)15-7-8-18-16(11-15)12-22(24)26-18/h8-12,16,19H,3-7,13-14H2,1-2H3,(H,26,31)(H,27,28,29);7-11,14,17H,2-6,12-13H2,1H3,(H2,24,26)(H,25,28)/t19-;17-/m00/s1. The van der Waals surface area contributed by atoms with Crippen LogP contribution in [0.25, 0.3) is 22.6 Å². The molecule has 320 valence electrons. The molecule has 2 aliphatic carbocycles. The van der Waals surface area contributed by atoms with Crippen LogP contribution in [0.15, 0.2) is 79.5 Å². The summed E-state index contributed by atoms with van der Waals surface area (Å²) < 4.78 is 11.8. The van der Waals surface area contributed by atoms with Gasteiger partial charge in [0.25, 0.3) is 0 Å². The first-order chi connectivity index (χ1) is 29.5. The second kappa shape index (κ2) is 19.5. The summed E-state index contributed by atoms with van der Waals surface area (Å²) in [5.74, 6) is 2.44. The van der Waals surface area contributed by atoms with Crippen molar-refractivity contribution in [3.8, 4) is 22.6 Å². The maximum absolute atomic E-state index is 13.0. The van der Waals surface area contributed by atoms with Crippen molar-refractivity contribution < 1.29 is 32.8 Å². The highest BCUT2D eigenvalue weighted by Gasteiger charge is 2.33. The summed E-state index contributed by atoms with van der Waals surface area (Å²) in [6.45, 7) is 1.46. The van der Waals surface area contributed by atoms with Crippen LogP contribution in [0.5, 0.6) is 0 Å². The SMILES string of the molecule is CNC(=O)[C@@H](CC(=O)c1ccc(-c2ccc3c(c2)CC(N)=N3)o1)C1CCCCC1.CNC(=O)[C@@H](CC(=O)c1ccc(-c2ccc3c(c2)CC(NC(C)=O)=N3)o1)C1CCCCC1. The number of aliphatic imine (C=N–C) groups is 2. The minimum atomic E-state index is -0.314. The van der Waals surface area contributed by atoms with E-state index in [2.05, 4.69) is 25.9 Å². The Kier molecular flexibility index (Phi) is 13.8. The van der Waals surface area contributed by atoms with Crippen molar-refractivity contribution in [2.45, 2.75) is 96.8 Å². The molecule has 4 aromatic rings. The second-order valence-electron chi connectivity index (χ2n) is 16.7. The lowest BCUT2D eigenvalue weighted by Crippen LogP contribution is -2.35. The molecule has 2 saturated carbocycles. The number of fused-ring (bicyclic) bond motifs is 2. The summed E-state index contributed by atoms with van der Waals surface area (Å²) in [6, 6.07) is 18.6. The third-order valence-electron chi connectivity index (χ3n) is 12.5. The lowest BCUT2D eigenvalue weighted by Gasteiger charge is -2.28. The zero-order valence-corrected chi connectivity index (χ0v) is 35.3.